The molecule has 0 heterocycles. The van der Waals surface area contributed by atoms with Crippen LogP contribution in [-0.4, -0.2) is 50.6 Å². The lowest BCUT2D eigenvalue weighted by atomic mass is 10.3. The van der Waals surface area contributed by atoms with Gasteiger partial charge in [0.15, 0.2) is 0 Å². The molecule has 1 amide bonds. The largest absolute Gasteiger partial charge is 0.466 e. The van der Waals surface area contributed by atoms with Crippen LogP contribution in [0, 0.1) is 0 Å². The number of carbonyl (C=O) groups excluding carboxylic acids is 2. The van der Waals surface area contributed by atoms with Gasteiger partial charge >= 0.3 is 5.97 Å². The lowest BCUT2D eigenvalue weighted by molar-refractivity contribution is -0.144. The zero-order valence-electron chi connectivity index (χ0n) is 10.4. The third kappa shape index (κ3) is 9.45. The van der Waals surface area contributed by atoms with Crippen LogP contribution in [0.25, 0.3) is 0 Å². The molecule has 94 valence electrons. The summed E-state index contributed by atoms with van der Waals surface area (Å²) in [5.41, 5.74) is 0. The molecular formula is C11H22N2O3. The fourth-order valence-corrected chi connectivity index (χ4v) is 1.16. The second-order valence-electron chi connectivity index (χ2n) is 3.81. The molecule has 0 aliphatic heterocycles. The van der Waals surface area contributed by atoms with Gasteiger partial charge in [0.05, 0.1) is 13.0 Å². The van der Waals surface area contributed by atoms with Gasteiger partial charge in [0, 0.05) is 13.0 Å². The summed E-state index contributed by atoms with van der Waals surface area (Å²) in [6.45, 7) is 3.71. The number of amides is 1. The Kier molecular flexibility index (Phi) is 8.52. The standard InChI is InChI=1S/C11H22N2O3/c1-4-16-11(15)7-6-10(14)12-8-5-9-13(2)3/h4-9H2,1-3H3,(H,12,14). The van der Waals surface area contributed by atoms with Crippen LogP contribution in [0.15, 0.2) is 0 Å². The molecule has 0 spiro atoms. The zero-order chi connectivity index (χ0) is 12.4. The molecule has 1 N–H and O–H groups in total. The van der Waals surface area contributed by atoms with Gasteiger partial charge in [-0.15, -0.1) is 0 Å². The van der Waals surface area contributed by atoms with Crippen molar-refractivity contribution in [2.45, 2.75) is 26.2 Å². The molecule has 0 fully saturated rings. The first-order valence-electron chi connectivity index (χ1n) is 5.63. The highest BCUT2D eigenvalue weighted by atomic mass is 16.5. The Morgan fingerprint density at radius 2 is 1.94 bits per heavy atom. The first-order valence-corrected chi connectivity index (χ1v) is 5.63. The summed E-state index contributed by atoms with van der Waals surface area (Å²) < 4.78 is 4.72. The van der Waals surface area contributed by atoms with Crippen LogP contribution in [0.1, 0.15) is 26.2 Å². The maximum Gasteiger partial charge on any atom is 0.306 e. The molecule has 0 atom stereocenters. The summed E-state index contributed by atoms with van der Waals surface area (Å²) in [6.07, 6.45) is 1.28. The second kappa shape index (κ2) is 9.15. The number of esters is 1. The molecule has 0 aliphatic rings. The summed E-state index contributed by atoms with van der Waals surface area (Å²) >= 11 is 0. The van der Waals surface area contributed by atoms with Gasteiger partial charge in [-0.3, -0.25) is 9.59 Å². The second-order valence-corrected chi connectivity index (χ2v) is 3.81. The molecule has 0 aromatic rings. The summed E-state index contributed by atoms with van der Waals surface area (Å²) in [5, 5.41) is 2.76. The Morgan fingerprint density at radius 3 is 2.50 bits per heavy atom. The van der Waals surface area contributed by atoms with Gasteiger partial charge < -0.3 is 15.0 Å². The van der Waals surface area contributed by atoms with Gasteiger partial charge in [-0.05, 0) is 34.0 Å². The predicted octanol–water partition coefficient (Wildman–Crippen LogP) is 0.398. The van der Waals surface area contributed by atoms with E-state index in [0.717, 1.165) is 13.0 Å². The fourth-order valence-electron chi connectivity index (χ4n) is 1.16. The molecule has 0 saturated carbocycles. The van der Waals surface area contributed by atoms with Gasteiger partial charge in [-0.25, -0.2) is 0 Å². The van der Waals surface area contributed by atoms with Crippen LogP contribution in [0.4, 0.5) is 0 Å². The smallest absolute Gasteiger partial charge is 0.306 e. The van der Waals surface area contributed by atoms with E-state index < -0.39 is 0 Å². The molecular weight excluding hydrogens is 208 g/mol. The number of nitrogens with one attached hydrogen (secondary N) is 1. The number of carbonyl (C=O) groups is 2. The van der Waals surface area contributed by atoms with Crippen LogP contribution >= 0.6 is 0 Å². The first-order chi connectivity index (χ1) is 7.56. The van der Waals surface area contributed by atoms with E-state index in [1.54, 1.807) is 6.92 Å². The Balaban J connectivity index is 3.41. The molecule has 0 aromatic heterocycles. The molecule has 0 bridgehead atoms. The highest BCUT2D eigenvalue weighted by Crippen LogP contribution is 1.93. The zero-order valence-corrected chi connectivity index (χ0v) is 10.4. The molecule has 16 heavy (non-hydrogen) atoms. The van der Waals surface area contributed by atoms with E-state index in [4.69, 9.17) is 4.74 Å². The minimum Gasteiger partial charge on any atom is -0.466 e. The van der Waals surface area contributed by atoms with E-state index in [0.29, 0.717) is 13.2 Å². The van der Waals surface area contributed by atoms with Crippen molar-refractivity contribution < 1.29 is 14.3 Å². The van der Waals surface area contributed by atoms with Gasteiger partial charge in [0.25, 0.3) is 0 Å². The van der Waals surface area contributed by atoms with Gasteiger partial charge in [-0.2, -0.15) is 0 Å². The summed E-state index contributed by atoms with van der Waals surface area (Å²) in [5.74, 6) is -0.405. The third-order valence-corrected chi connectivity index (χ3v) is 1.97. The van der Waals surface area contributed by atoms with Crippen LogP contribution in [0.3, 0.4) is 0 Å². The first kappa shape index (κ1) is 14.9. The minimum atomic E-state index is -0.314. The van der Waals surface area contributed by atoms with Gasteiger partial charge in [-0.1, -0.05) is 0 Å². The van der Waals surface area contributed by atoms with E-state index in [9.17, 15) is 9.59 Å². The SMILES string of the molecule is CCOC(=O)CCC(=O)NCCCN(C)C. The minimum absolute atomic E-state index is 0.0909. The van der Waals surface area contributed by atoms with Gasteiger partial charge in [0.2, 0.25) is 5.91 Å². The van der Waals surface area contributed by atoms with E-state index in [2.05, 4.69) is 10.2 Å². The van der Waals surface area contributed by atoms with Crippen molar-refractivity contribution in [3.8, 4) is 0 Å². The molecule has 0 radical (unpaired) electrons. The predicted molar refractivity (Wildman–Crippen MR) is 62.0 cm³/mol. The maximum atomic E-state index is 11.3. The average molecular weight is 230 g/mol. The fraction of sp³-hybridized carbons (Fsp3) is 0.818. The highest BCUT2D eigenvalue weighted by Gasteiger charge is 2.06. The van der Waals surface area contributed by atoms with E-state index in [1.807, 2.05) is 14.1 Å². The highest BCUT2D eigenvalue weighted by molar-refractivity contribution is 5.81. The van der Waals surface area contributed by atoms with Crippen molar-refractivity contribution >= 4 is 11.9 Å². The number of hydrogen-bond acceptors (Lipinski definition) is 4. The van der Waals surface area contributed by atoms with Crippen LogP contribution in [-0.2, 0) is 14.3 Å². The third-order valence-electron chi connectivity index (χ3n) is 1.97. The van der Waals surface area contributed by atoms with Crippen LogP contribution in [0.5, 0.6) is 0 Å². The number of nitrogens with zero attached hydrogens (tertiary/aromatic N) is 1. The molecule has 0 rings (SSSR count). The number of rotatable bonds is 8. The van der Waals surface area contributed by atoms with E-state index >= 15 is 0 Å². The lowest BCUT2D eigenvalue weighted by Crippen LogP contribution is -2.27. The van der Waals surface area contributed by atoms with Crippen LogP contribution in [0.2, 0.25) is 0 Å². The van der Waals surface area contributed by atoms with E-state index in [-0.39, 0.29) is 24.7 Å². The van der Waals surface area contributed by atoms with Crippen molar-refractivity contribution in [3.05, 3.63) is 0 Å². The van der Waals surface area contributed by atoms with Crippen molar-refractivity contribution in [2.24, 2.45) is 0 Å². The Bertz CT molecular complexity index is 217. The Morgan fingerprint density at radius 1 is 1.25 bits per heavy atom. The van der Waals surface area contributed by atoms with Crippen molar-refractivity contribution in [1.29, 1.82) is 0 Å². The molecule has 0 unspecified atom stereocenters. The molecule has 5 heteroatoms. The summed E-state index contributed by atoms with van der Waals surface area (Å²) in [7, 11) is 3.98. The van der Waals surface area contributed by atoms with Crippen LogP contribution < -0.4 is 5.32 Å². The molecule has 0 aliphatic carbocycles. The molecule has 0 saturated heterocycles. The quantitative estimate of drug-likeness (QED) is 0.484. The molecule has 0 aromatic carbocycles. The lowest BCUT2D eigenvalue weighted by Gasteiger charge is -2.09. The van der Waals surface area contributed by atoms with Crippen molar-refractivity contribution in [1.82, 2.24) is 10.2 Å². The maximum absolute atomic E-state index is 11.3. The summed E-state index contributed by atoms with van der Waals surface area (Å²) in [4.78, 5) is 24.3. The normalized spacial score (nSPS) is 10.2. The topological polar surface area (TPSA) is 58.6 Å². The monoisotopic (exact) mass is 230 g/mol. The average Bonchev–Trinajstić information content (AvgIpc) is 2.22. The summed E-state index contributed by atoms with van der Waals surface area (Å²) in [6, 6.07) is 0. The Labute approximate surface area is 97.1 Å². The Hall–Kier alpha value is -1.10. The van der Waals surface area contributed by atoms with Crippen molar-refractivity contribution in [2.75, 3.05) is 33.8 Å². The molecule has 5 nitrogen and oxygen atoms in total. The van der Waals surface area contributed by atoms with Crippen molar-refractivity contribution in [3.63, 3.8) is 0 Å². The van der Waals surface area contributed by atoms with Gasteiger partial charge in [0.1, 0.15) is 0 Å². The number of ether oxygens (including phenoxy) is 1. The number of hydrogen-bond donors (Lipinski definition) is 1. The van der Waals surface area contributed by atoms with E-state index in [1.165, 1.54) is 0 Å².